The molecule has 186 valence electrons. The van der Waals surface area contributed by atoms with E-state index in [2.05, 4.69) is 24.1 Å². The summed E-state index contributed by atoms with van der Waals surface area (Å²) in [7, 11) is 3.35. The number of amides is 2. The number of hydrogen-bond acceptors (Lipinski definition) is 3. The zero-order chi connectivity index (χ0) is 25.5. The van der Waals surface area contributed by atoms with Crippen LogP contribution in [0.4, 0.5) is 10.1 Å². The van der Waals surface area contributed by atoms with Crippen molar-refractivity contribution in [1.82, 2.24) is 14.5 Å². The van der Waals surface area contributed by atoms with E-state index in [0.717, 1.165) is 28.6 Å². The lowest BCUT2D eigenvalue weighted by molar-refractivity contribution is -0.123. The van der Waals surface area contributed by atoms with Gasteiger partial charge in [0.1, 0.15) is 11.5 Å². The van der Waals surface area contributed by atoms with E-state index in [1.807, 2.05) is 6.07 Å². The summed E-state index contributed by atoms with van der Waals surface area (Å²) >= 11 is 0. The van der Waals surface area contributed by atoms with Crippen molar-refractivity contribution in [3.05, 3.63) is 76.1 Å². The van der Waals surface area contributed by atoms with Crippen molar-refractivity contribution in [3.63, 3.8) is 0 Å². The summed E-state index contributed by atoms with van der Waals surface area (Å²) in [6, 6.07) is 8.19. The van der Waals surface area contributed by atoms with Crippen molar-refractivity contribution in [2.45, 2.75) is 46.1 Å². The Labute approximate surface area is 204 Å². The number of halogens is 1. The van der Waals surface area contributed by atoms with Crippen LogP contribution in [0.3, 0.4) is 0 Å². The van der Waals surface area contributed by atoms with Crippen LogP contribution >= 0.6 is 0 Å². The van der Waals surface area contributed by atoms with Crippen molar-refractivity contribution in [3.8, 4) is 0 Å². The Balaban J connectivity index is 1.66. The maximum Gasteiger partial charge on any atom is 0.274 e. The van der Waals surface area contributed by atoms with E-state index in [4.69, 9.17) is 0 Å². The van der Waals surface area contributed by atoms with E-state index >= 15 is 0 Å². The lowest BCUT2D eigenvalue weighted by atomic mass is 10.0. The van der Waals surface area contributed by atoms with Crippen LogP contribution in [-0.4, -0.2) is 40.4 Å². The predicted octanol–water partition coefficient (Wildman–Crippen LogP) is 4.47. The largest absolute Gasteiger partial charge is 0.357 e. The molecule has 3 rings (SSSR count). The highest BCUT2D eigenvalue weighted by Crippen LogP contribution is 2.24. The molecular formula is C27H33FN4O3. The van der Waals surface area contributed by atoms with Gasteiger partial charge in [0.05, 0.1) is 6.54 Å². The molecular weight excluding hydrogens is 447 g/mol. The molecule has 0 saturated heterocycles. The SMILES string of the molecule is CC(C)Cc1cc(F)cc2cc(Cn3cccc(NC(=O)CCC/C=C/C(=O)N(C)C)c3=O)[nH]c12. The summed E-state index contributed by atoms with van der Waals surface area (Å²) in [4.78, 5) is 41.6. The second kappa shape index (κ2) is 11.6. The Morgan fingerprint density at radius 2 is 2.00 bits per heavy atom. The number of aromatic nitrogens is 2. The highest BCUT2D eigenvalue weighted by atomic mass is 19.1. The normalized spacial score (nSPS) is 11.5. The Kier molecular flexibility index (Phi) is 8.63. The number of anilines is 1. The summed E-state index contributed by atoms with van der Waals surface area (Å²) in [5, 5.41) is 3.46. The van der Waals surface area contributed by atoms with Gasteiger partial charge in [0.15, 0.2) is 0 Å². The molecule has 0 unspecified atom stereocenters. The minimum Gasteiger partial charge on any atom is -0.357 e. The van der Waals surface area contributed by atoms with Crippen molar-refractivity contribution in [1.29, 1.82) is 0 Å². The van der Waals surface area contributed by atoms with Gasteiger partial charge in [-0.1, -0.05) is 19.9 Å². The van der Waals surface area contributed by atoms with Crippen LogP contribution < -0.4 is 10.9 Å². The first-order valence-electron chi connectivity index (χ1n) is 11.8. The van der Waals surface area contributed by atoms with Crippen molar-refractivity contribution >= 4 is 28.4 Å². The molecule has 0 bridgehead atoms. The van der Waals surface area contributed by atoms with Crippen LogP contribution in [0.1, 0.15) is 44.4 Å². The third-order valence-electron chi connectivity index (χ3n) is 5.57. The topological polar surface area (TPSA) is 87.2 Å². The number of fused-ring (bicyclic) bond motifs is 1. The third kappa shape index (κ3) is 7.15. The zero-order valence-corrected chi connectivity index (χ0v) is 20.7. The van der Waals surface area contributed by atoms with Gasteiger partial charge in [-0.25, -0.2) is 4.39 Å². The van der Waals surface area contributed by atoms with Gasteiger partial charge in [0, 0.05) is 43.3 Å². The number of carbonyl (C=O) groups excluding carboxylic acids is 2. The highest BCUT2D eigenvalue weighted by molar-refractivity contribution is 5.90. The molecule has 35 heavy (non-hydrogen) atoms. The standard InChI is InChI=1S/C27H33FN4O3/c1-18(2)13-19-14-21(28)15-20-16-22(29-26(19)20)17-32-12-8-9-23(27(32)35)30-24(33)10-6-5-7-11-25(34)31(3)4/h7-9,11-12,14-16,18,29H,5-6,10,13,17H2,1-4H3,(H,30,33)/b11-7+. The van der Waals surface area contributed by atoms with Gasteiger partial charge in [0.2, 0.25) is 11.8 Å². The van der Waals surface area contributed by atoms with Crippen LogP contribution in [0.2, 0.25) is 0 Å². The highest BCUT2D eigenvalue weighted by Gasteiger charge is 2.12. The fourth-order valence-electron chi connectivity index (χ4n) is 3.89. The average Bonchev–Trinajstić information content (AvgIpc) is 3.18. The first kappa shape index (κ1) is 25.9. The fourth-order valence-corrected chi connectivity index (χ4v) is 3.89. The minimum atomic E-state index is -0.315. The molecule has 0 spiro atoms. The number of hydrogen-bond donors (Lipinski definition) is 2. The van der Waals surface area contributed by atoms with Gasteiger partial charge in [0.25, 0.3) is 5.56 Å². The number of rotatable bonds is 10. The summed E-state index contributed by atoms with van der Waals surface area (Å²) in [6.07, 6.45) is 7.02. The van der Waals surface area contributed by atoms with Gasteiger partial charge in [-0.05, 0) is 67.2 Å². The van der Waals surface area contributed by atoms with Crippen molar-refractivity contribution in [2.24, 2.45) is 5.92 Å². The number of carbonyl (C=O) groups is 2. The number of likely N-dealkylation sites (N-methyl/N-ethyl adjacent to an activating group) is 1. The number of nitrogens with one attached hydrogen (secondary N) is 2. The summed E-state index contributed by atoms with van der Waals surface area (Å²) in [6.45, 7) is 4.44. The third-order valence-corrected chi connectivity index (χ3v) is 5.57. The van der Waals surface area contributed by atoms with Gasteiger partial charge in [-0.2, -0.15) is 0 Å². The Morgan fingerprint density at radius 3 is 2.71 bits per heavy atom. The lowest BCUT2D eigenvalue weighted by Crippen LogP contribution is -2.25. The van der Waals surface area contributed by atoms with Crippen molar-refractivity contribution < 1.29 is 14.0 Å². The molecule has 1 aromatic carbocycles. The Bertz CT molecular complexity index is 1290. The van der Waals surface area contributed by atoms with Gasteiger partial charge in [-0.3, -0.25) is 14.4 Å². The van der Waals surface area contributed by atoms with E-state index in [9.17, 15) is 18.8 Å². The molecule has 3 aromatic rings. The molecule has 0 aliphatic heterocycles. The molecule has 0 atom stereocenters. The second-order valence-electron chi connectivity index (χ2n) is 9.35. The quantitative estimate of drug-likeness (QED) is 0.332. The molecule has 0 radical (unpaired) electrons. The molecule has 2 amide bonds. The maximum atomic E-state index is 14.1. The van der Waals surface area contributed by atoms with Gasteiger partial charge >= 0.3 is 0 Å². The summed E-state index contributed by atoms with van der Waals surface area (Å²) < 4.78 is 15.6. The lowest BCUT2D eigenvalue weighted by Gasteiger charge is -2.09. The molecule has 2 aromatic heterocycles. The minimum absolute atomic E-state index is 0.101. The van der Waals surface area contributed by atoms with E-state index in [-0.39, 0.29) is 41.8 Å². The molecule has 0 aliphatic carbocycles. The first-order valence-corrected chi connectivity index (χ1v) is 11.8. The van der Waals surface area contributed by atoms with E-state index in [0.29, 0.717) is 18.8 Å². The summed E-state index contributed by atoms with van der Waals surface area (Å²) in [5.74, 6) is -0.256. The zero-order valence-electron chi connectivity index (χ0n) is 20.7. The number of unbranched alkanes of at least 4 members (excludes halogenated alkanes) is 1. The number of aromatic amines is 1. The van der Waals surface area contributed by atoms with Gasteiger partial charge in [-0.15, -0.1) is 0 Å². The van der Waals surface area contributed by atoms with Crippen LogP contribution in [0, 0.1) is 11.7 Å². The number of pyridine rings is 1. The van der Waals surface area contributed by atoms with E-state index < -0.39 is 0 Å². The molecule has 0 saturated carbocycles. The Hall–Kier alpha value is -3.68. The van der Waals surface area contributed by atoms with Gasteiger partial charge < -0.3 is 19.8 Å². The molecule has 2 heterocycles. The molecule has 8 heteroatoms. The van der Waals surface area contributed by atoms with E-state index in [1.165, 1.54) is 21.6 Å². The van der Waals surface area contributed by atoms with Crippen LogP contribution in [0.15, 0.2) is 53.5 Å². The number of benzene rings is 1. The van der Waals surface area contributed by atoms with Crippen LogP contribution in [-0.2, 0) is 22.6 Å². The molecule has 0 fully saturated rings. The second-order valence-corrected chi connectivity index (χ2v) is 9.35. The molecule has 0 aliphatic rings. The molecule has 2 N–H and O–H groups in total. The summed E-state index contributed by atoms with van der Waals surface area (Å²) in [5.41, 5.74) is 2.47. The average molecular weight is 481 g/mol. The Morgan fingerprint density at radius 1 is 1.23 bits per heavy atom. The van der Waals surface area contributed by atoms with E-state index in [1.54, 1.807) is 44.6 Å². The first-order chi connectivity index (χ1) is 16.6. The smallest absolute Gasteiger partial charge is 0.274 e. The van der Waals surface area contributed by atoms with Crippen molar-refractivity contribution in [2.75, 3.05) is 19.4 Å². The predicted molar refractivity (Wildman–Crippen MR) is 137 cm³/mol. The fraction of sp³-hybridized carbons (Fsp3) is 0.370. The van der Waals surface area contributed by atoms with Crippen LogP contribution in [0.5, 0.6) is 0 Å². The maximum absolute atomic E-state index is 14.1. The molecule has 7 nitrogen and oxygen atoms in total. The number of allylic oxidation sites excluding steroid dienone is 1. The van der Waals surface area contributed by atoms with Crippen LogP contribution in [0.25, 0.3) is 10.9 Å². The number of H-pyrrole nitrogens is 1. The monoisotopic (exact) mass is 480 g/mol. The number of nitrogens with zero attached hydrogens (tertiary/aromatic N) is 2.